The zero-order valence-electron chi connectivity index (χ0n) is 11.1. The van der Waals surface area contributed by atoms with E-state index in [-0.39, 0.29) is 13.0 Å². The van der Waals surface area contributed by atoms with Crippen LogP contribution in [-0.4, -0.2) is 11.7 Å². The molecule has 0 heterocycles. The highest BCUT2D eigenvalue weighted by Crippen LogP contribution is 2.35. The molecule has 0 aliphatic carbocycles. The number of anilines is 2. The van der Waals surface area contributed by atoms with Crippen molar-refractivity contribution in [2.24, 2.45) is 0 Å². The van der Waals surface area contributed by atoms with Gasteiger partial charge in [0.2, 0.25) is 0 Å². The van der Waals surface area contributed by atoms with Gasteiger partial charge in [0.25, 0.3) is 0 Å². The summed E-state index contributed by atoms with van der Waals surface area (Å²) in [5.41, 5.74) is 13.0. The predicted molar refractivity (Wildman–Crippen MR) is 76.5 cm³/mol. The summed E-state index contributed by atoms with van der Waals surface area (Å²) in [6.45, 7) is -0.153. The average molecular weight is 296 g/mol. The summed E-state index contributed by atoms with van der Waals surface area (Å²) in [5, 5.41) is 9.10. The first-order valence-electron chi connectivity index (χ1n) is 6.29. The molecule has 0 aliphatic rings. The van der Waals surface area contributed by atoms with Gasteiger partial charge < -0.3 is 16.6 Å². The van der Waals surface area contributed by atoms with E-state index in [2.05, 4.69) is 0 Å². The number of aliphatic hydroxyl groups excluding tert-OH is 1. The topological polar surface area (TPSA) is 72.3 Å². The lowest BCUT2D eigenvalue weighted by atomic mass is 9.94. The Morgan fingerprint density at radius 1 is 1.05 bits per heavy atom. The lowest BCUT2D eigenvalue weighted by molar-refractivity contribution is -0.137. The van der Waals surface area contributed by atoms with Crippen molar-refractivity contribution in [1.29, 1.82) is 0 Å². The minimum absolute atomic E-state index is 0.153. The number of hydrogen-bond donors (Lipinski definition) is 3. The molecule has 6 heteroatoms. The van der Waals surface area contributed by atoms with E-state index in [1.54, 1.807) is 12.1 Å². The number of benzene rings is 2. The molecular formula is C15H15F3N2O. The molecule has 0 saturated carbocycles. The van der Waals surface area contributed by atoms with Crippen LogP contribution in [0.5, 0.6) is 0 Å². The summed E-state index contributed by atoms with van der Waals surface area (Å²) in [6.07, 6.45) is -4.17. The van der Waals surface area contributed by atoms with Gasteiger partial charge >= 0.3 is 6.18 Å². The zero-order chi connectivity index (χ0) is 15.6. The SMILES string of the molecule is Nc1cc(N)c(CCO)c(-c2cccc(C(F)(F)F)c2)c1. The summed E-state index contributed by atoms with van der Waals surface area (Å²) in [4.78, 5) is 0. The second-order valence-electron chi connectivity index (χ2n) is 4.69. The smallest absolute Gasteiger partial charge is 0.399 e. The quantitative estimate of drug-likeness (QED) is 0.762. The second-order valence-corrected chi connectivity index (χ2v) is 4.69. The number of aliphatic hydroxyl groups is 1. The molecule has 5 N–H and O–H groups in total. The first-order chi connectivity index (χ1) is 9.82. The Morgan fingerprint density at radius 2 is 1.76 bits per heavy atom. The fraction of sp³-hybridized carbons (Fsp3) is 0.200. The van der Waals surface area contributed by atoms with E-state index in [9.17, 15) is 13.2 Å². The van der Waals surface area contributed by atoms with Gasteiger partial charge in [-0.25, -0.2) is 0 Å². The van der Waals surface area contributed by atoms with Crippen molar-refractivity contribution >= 4 is 11.4 Å². The van der Waals surface area contributed by atoms with Crippen LogP contribution in [0.25, 0.3) is 11.1 Å². The average Bonchev–Trinajstić information content (AvgIpc) is 2.41. The van der Waals surface area contributed by atoms with Crippen LogP contribution in [0.3, 0.4) is 0 Å². The number of halogens is 3. The molecular weight excluding hydrogens is 281 g/mol. The van der Waals surface area contributed by atoms with Crippen molar-refractivity contribution in [3.05, 3.63) is 47.5 Å². The van der Waals surface area contributed by atoms with Crippen LogP contribution in [0, 0.1) is 0 Å². The van der Waals surface area contributed by atoms with E-state index in [0.717, 1.165) is 12.1 Å². The zero-order valence-corrected chi connectivity index (χ0v) is 11.1. The molecule has 0 spiro atoms. The van der Waals surface area contributed by atoms with Crippen LogP contribution in [0.2, 0.25) is 0 Å². The van der Waals surface area contributed by atoms with Crippen LogP contribution in [0.15, 0.2) is 36.4 Å². The van der Waals surface area contributed by atoms with Crippen LogP contribution < -0.4 is 11.5 Å². The van der Waals surface area contributed by atoms with Gasteiger partial charge in [-0.2, -0.15) is 13.2 Å². The van der Waals surface area contributed by atoms with Gasteiger partial charge in [0, 0.05) is 18.0 Å². The number of hydrogen-bond acceptors (Lipinski definition) is 3. The summed E-state index contributed by atoms with van der Waals surface area (Å²) >= 11 is 0. The Hall–Kier alpha value is -2.21. The molecule has 0 saturated heterocycles. The number of nitrogen functional groups attached to an aromatic ring is 2. The van der Waals surface area contributed by atoms with Gasteiger partial charge in [0.05, 0.1) is 5.56 Å². The molecule has 0 fully saturated rings. The van der Waals surface area contributed by atoms with E-state index in [0.29, 0.717) is 28.1 Å². The van der Waals surface area contributed by atoms with E-state index >= 15 is 0 Å². The van der Waals surface area contributed by atoms with Gasteiger partial charge in [0.1, 0.15) is 0 Å². The van der Waals surface area contributed by atoms with Gasteiger partial charge in [-0.1, -0.05) is 12.1 Å². The molecule has 112 valence electrons. The summed E-state index contributed by atoms with van der Waals surface area (Å²) in [6, 6.07) is 8.05. The number of alkyl halides is 3. The molecule has 2 rings (SSSR count). The third kappa shape index (κ3) is 3.28. The summed E-state index contributed by atoms with van der Waals surface area (Å²) < 4.78 is 38.4. The van der Waals surface area contributed by atoms with E-state index in [1.807, 2.05) is 0 Å². The van der Waals surface area contributed by atoms with Gasteiger partial charge in [-0.15, -0.1) is 0 Å². The van der Waals surface area contributed by atoms with Crippen molar-refractivity contribution in [3.8, 4) is 11.1 Å². The second kappa shape index (κ2) is 5.65. The summed E-state index contributed by atoms with van der Waals surface area (Å²) in [7, 11) is 0. The molecule has 0 aliphatic heterocycles. The first-order valence-corrected chi connectivity index (χ1v) is 6.29. The highest BCUT2D eigenvalue weighted by Gasteiger charge is 2.30. The molecule has 0 radical (unpaired) electrons. The maximum Gasteiger partial charge on any atom is 0.416 e. The molecule has 21 heavy (non-hydrogen) atoms. The maximum atomic E-state index is 12.8. The lowest BCUT2D eigenvalue weighted by Crippen LogP contribution is -2.06. The molecule has 0 aromatic heterocycles. The van der Waals surface area contributed by atoms with Crippen molar-refractivity contribution in [2.75, 3.05) is 18.1 Å². The Kier molecular flexibility index (Phi) is 4.09. The lowest BCUT2D eigenvalue weighted by Gasteiger charge is -2.15. The van der Waals surface area contributed by atoms with Crippen LogP contribution in [0.1, 0.15) is 11.1 Å². The van der Waals surface area contributed by atoms with Gasteiger partial charge in [0.15, 0.2) is 0 Å². The van der Waals surface area contributed by atoms with E-state index < -0.39 is 11.7 Å². The van der Waals surface area contributed by atoms with Crippen molar-refractivity contribution in [1.82, 2.24) is 0 Å². The van der Waals surface area contributed by atoms with Crippen LogP contribution >= 0.6 is 0 Å². The minimum Gasteiger partial charge on any atom is -0.399 e. The third-order valence-corrected chi connectivity index (χ3v) is 3.17. The Balaban J connectivity index is 2.61. The Morgan fingerprint density at radius 3 is 2.38 bits per heavy atom. The highest BCUT2D eigenvalue weighted by molar-refractivity contribution is 5.78. The Labute approximate surface area is 120 Å². The largest absolute Gasteiger partial charge is 0.416 e. The fourth-order valence-corrected chi connectivity index (χ4v) is 2.23. The number of nitrogens with two attached hydrogens (primary N) is 2. The predicted octanol–water partition coefficient (Wildman–Crippen LogP) is 3.07. The first kappa shape index (κ1) is 15.2. The van der Waals surface area contributed by atoms with Crippen molar-refractivity contribution < 1.29 is 18.3 Å². The Bertz CT molecular complexity index is 654. The van der Waals surface area contributed by atoms with E-state index in [1.165, 1.54) is 12.1 Å². The number of rotatable bonds is 3. The molecule has 0 unspecified atom stereocenters. The van der Waals surface area contributed by atoms with Gasteiger partial charge in [-0.05, 0) is 47.4 Å². The molecule has 2 aromatic rings. The summed E-state index contributed by atoms with van der Waals surface area (Å²) in [5.74, 6) is 0. The van der Waals surface area contributed by atoms with Gasteiger partial charge in [-0.3, -0.25) is 0 Å². The third-order valence-electron chi connectivity index (χ3n) is 3.17. The molecule has 2 aromatic carbocycles. The molecule has 0 atom stereocenters. The van der Waals surface area contributed by atoms with Crippen LogP contribution in [0.4, 0.5) is 24.5 Å². The van der Waals surface area contributed by atoms with Crippen LogP contribution in [-0.2, 0) is 12.6 Å². The standard InChI is InChI=1S/C15H15F3N2O/c16-15(17,18)10-3-1-2-9(6-10)13-7-11(19)8-14(20)12(13)4-5-21/h1-3,6-8,21H,4-5,19-20H2. The van der Waals surface area contributed by atoms with E-state index in [4.69, 9.17) is 16.6 Å². The molecule has 3 nitrogen and oxygen atoms in total. The highest BCUT2D eigenvalue weighted by atomic mass is 19.4. The maximum absolute atomic E-state index is 12.8. The van der Waals surface area contributed by atoms with Crippen molar-refractivity contribution in [2.45, 2.75) is 12.6 Å². The monoisotopic (exact) mass is 296 g/mol. The fourth-order valence-electron chi connectivity index (χ4n) is 2.23. The molecule has 0 amide bonds. The normalized spacial score (nSPS) is 11.6. The molecule has 0 bridgehead atoms. The van der Waals surface area contributed by atoms with Crippen molar-refractivity contribution in [3.63, 3.8) is 0 Å². The minimum atomic E-state index is -4.42.